The lowest BCUT2D eigenvalue weighted by atomic mass is 10.0. The first-order chi connectivity index (χ1) is 14.9. The molecule has 0 saturated carbocycles. The Bertz CT molecular complexity index is 528. The van der Waals surface area contributed by atoms with Gasteiger partial charge in [0.15, 0.2) is 0 Å². The number of esters is 1. The molecule has 0 aliphatic carbocycles. The molecule has 1 aromatic carbocycles. The Balaban J connectivity index is 1.25. The molecule has 0 N–H and O–H groups in total. The molecule has 1 heterocycles. The summed E-state index contributed by atoms with van der Waals surface area (Å²) < 4.78 is 11.1. The Labute approximate surface area is 188 Å². The minimum atomic E-state index is -0.221. The fourth-order valence-corrected chi connectivity index (χ4v) is 4.73. The van der Waals surface area contributed by atoms with Crippen LogP contribution in [0.5, 0.6) is 0 Å². The molecule has 4 heteroatoms. The van der Waals surface area contributed by atoms with Gasteiger partial charge in [0, 0.05) is 6.61 Å². The Morgan fingerprint density at radius 3 is 2.13 bits per heavy atom. The number of unbranched alkanes of at least 4 members (excludes halogenated alkanes) is 10. The molecule has 30 heavy (non-hydrogen) atoms. The zero-order valence-corrected chi connectivity index (χ0v) is 19.6. The first-order valence-corrected chi connectivity index (χ1v) is 13.4. The zero-order valence-electron chi connectivity index (χ0n) is 18.8. The molecule has 1 saturated heterocycles. The van der Waals surface area contributed by atoms with Crippen LogP contribution in [-0.4, -0.2) is 30.4 Å². The molecule has 1 aromatic rings. The van der Waals surface area contributed by atoms with Crippen molar-refractivity contribution in [2.45, 2.75) is 102 Å². The van der Waals surface area contributed by atoms with Gasteiger partial charge in [0.05, 0.1) is 11.7 Å². The molecule has 1 unspecified atom stereocenters. The van der Waals surface area contributed by atoms with Crippen molar-refractivity contribution in [1.82, 2.24) is 0 Å². The third kappa shape index (κ3) is 12.6. The summed E-state index contributed by atoms with van der Waals surface area (Å²) in [5.41, 5.74) is 0.632. The van der Waals surface area contributed by atoms with Crippen LogP contribution in [0.4, 0.5) is 0 Å². The highest BCUT2D eigenvalue weighted by Crippen LogP contribution is 2.19. The summed E-state index contributed by atoms with van der Waals surface area (Å²) in [6.45, 7) is 0.994. The summed E-state index contributed by atoms with van der Waals surface area (Å²) in [6, 6.07) is 9.21. The molecule has 170 valence electrons. The van der Waals surface area contributed by atoms with E-state index in [1.54, 1.807) is 23.9 Å². The number of carbonyl (C=O) groups excluding carboxylic acids is 1. The lowest BCUT2D eigenvalue weighted by molar-refractivity contribution is 0.00976. The maximum absolute atomic E-state index is 11.8. The maximum atomic E-state index is 11.8. The van der Waals surface area contributed by atoms with Crippen LogP contribution in [0.3, 0.4) is 0 Å². The van der Waals surface area contributed by atoms with Crippen LogP contribution in [-0.2, 0) is 9.47 Å². The summed E-state index contributed by atoms with van der Waals surface area (Å²) in [7, 11) is 0. The number of thioether (sulfide) groups is 1. The molecule has 1 aliphatic heterocycles. The van der Waals surface area contributed by atoms with Crippen LogP contribution >= 0.6 is 11.8 Å². The number of hydrogen-bond acceptors (Lipinski definition) is 4. The van der Waals surface area contributed by atoms with Gasteiger partial charge in [0.1, 0.15) is 5.94 Å². The summed E-state index contributed by atoms with van der Waals surface area (Å²) >= 11 is 1.72. The highest BCUT2D eigenvalue weighted by Gasteiger charge is 2.12. The number of hydrogen-bond donors (Lipinski definition) is 0. The van der Waals surface area contributed by atoms with Gasteiger partial charge in [-0.1, -0.05) is 82.4 Å². The quantitative estimate of drug-likeness (QED) is 0.142. The third-order valence-corrected chi connectivity index (χ3v) is 6.73. The first-order valence-electron chi connectivity index (χ1n) is 12.3. The van der Waals surface area contributed by atoms with Crippen molar-refractivity contribution in [3.05, 3.63) is 35.9 Å². The van der Waals surface area contributed by atoms with Crippen LogP contribution in [0.2, 0.25) is 0 Å². The Kier molecular flexibility index (Phi) is 14.9. The second-order valence-corrected chi connectivity index (χ2v) is 9.54. The van der Waals surface area contributed by atoms with Crippen LogP contribution in [0.1, 0.15) is 107 Å². The predicted molar refractivity (Wildman–Crippen MR) is 128 cm³/mol. The van der Waals surface area contributed by atoms with Crippen molar-refractivity contribution >= 4 is 17.7 Å². The molecule has 1 fully saturated rings. The molecule has 0 radical (unpaired) electrons. The van der Waals surface area contributed by atoms with E-state index in [0.717, 1.165) is 12.4 Å². The molecule has 2 rings (SSSR count). The summed E-state index contributed by atoms with van der Waals surface area (Å²) in [4.78, 5) is 11.8. The van der Waals surface area contributed by atoms with Gasteiger partial charge in [-0.05, 0) is 50.0 Å². The van der Waals surface area contributed by atoms with E-state index in [1.807, 2.05) is 18.2 Å². The van der Waals surface area contributed by atoms with E-state index in [4.69, 9.17) is 9.47 Å². The van der Waals surface area contributed by atoms with E-state index < -0.39 is 0 Å². The van der Waals surface area contributed by atoms with Crippen LogP contribution < -0.4 is 0 Å². The van der Waals surface area contributed by atoms with E-state index in [0.29, 0.717) is 17.6 Å². The van der Waals surface area contributed by atoms with Gasteiger partial charge in [-0.15, -0.1) is 11.8 Å². The maximum Gasteiger partial charge on any atom is 0.338 e. The van der Waals surface area contributed by atoms with Gasteiger partial charge in [0.25, 0.3) is 0 Å². The fraction of sp³-hybridized carbons (Fsp3) is 0.731. The van der Waals surface area contributed by atoms with Crippen molar-refractivity contribution in [2.75, 3.05) is 18.3 Å². The van der Waals surface area contributed by atoms with E-state index in [-0.39, 0.29) is 5.97 Å². The lowest BCUT2D eigenvalue weighted by Gasteiger charge is -2.22. The zero-order chi connectivity index (χ0) is 21.1. The van der Waals surface area contributed by atoms with E-state index in [2.05, 4.69) is 0 Å². The van der Waals surface area contributed by atoms with Crippen molar-refractivity contribution in [2.24, 2.45) is 0 Å². The summed E-state index contributed by atoms with van der Waals surface area (Å²) in [5.74, 6) is 1.32. The standard InChI is InChI=1S/C26H42O3S/c27-26(24-17-11-10-12-18-24)29-23-30-22-16-9-7-5-3-1-2-4-6-8-13-19-25-20-14-15-21-28-25/h10-12,17-18,25H,1-9,13-16,19-23H2. The van der Waals surface area contributed by atoms with Gasteiger partial charge in [-0.2, -0.15) is 0 Å². The highest BCUT2D eigenvalue weighted by atomic mass is 32.2. The minimum Gasteiger partial charge on any atom is -0.451 e. The Morgan fingerprint density at radius 1 is 0.867 bits per heavy atom. The lowest BCUT2D eigenvalue weighted by Crippen LogP contribution is -2.18. The number of benzene rings is 1. The third-order valence-electron chi connectivity index (χ3n) is 5.87. The SMILES string of the molecule is O=C(OCSCCCCCCCCCCCCCC1CCCCO1)c1ccccc1. The summed E-state index contributed by atoms with van der Waals surface area (Å²) in [5, 5.41) is 0. The minimum absolute atomic E-state index is 0.221. The Hall–Kier alpha value is -1.00. The molecule has 0 bridgehead atoms. The molecule has 0 aromatic heterocycles. The van der Waals surface area contributed by atoms with Crippen LogP contribution in [0.15, 0.2) is 30.3 Å². The van der Waals surface area contributed by atoms with Gasteiger partial charge < -0.3 is 9.47 Å². The van der Waals surface area contributed by atoms with Crippen molar-refractivity contribution in [1.29, 1.82) is 0 Å². The van der Waals surface area contributed by atoms with Gasteiger partial charge in [-0.25, -0.2) is 4.79 Å². The molecular formula is C26H42O3S. The molecule has 1 atom stereocenters. The fourth-order valence-electron chi connectivity index (χ4n) is 4.01. The highest BCUT2D eigenvalue weighted by molar-refractivity contribution is 7.99. The number of ether oxygens (including phenoxy) is 2. The van der Waals surface area contributed by atoms with Crippen molar-refractivity contribution in [3.63, 3.8) is 0 Å². The van der Waals surface area contributed by atoms with Crippen LogP contribution in [0.25, 0.3) is 0 Å². The average molecular weight is 435 g/mol. The normalized spacial score (nSPS) is 16.5. The number of rotatable bonds is 17. The predicted octanol–water partition coefficient (Wildman–Crippen LogP) is 7.78. The summed E-state index contributed by atoms with van der Waals surface area (Å²) in [6.07, 6.45) is 20.7. The molecule has 1 aliphatic rings. The van der Waals surface area contributed by atoms with E-state index in [9.17, 15) is 4.79 Å². The van der Waals surface area contributed by atoms with Crippen LogP contribution in [0, 0.1) is 0 Å². The Morgan fingerprint density at radius 2 is 1.50 bits per heavy atom. The van der Waals surface area contributed by atoms with Crippen molar-refractivity contribution < 1.29 is 14.3 Å². The second-order valence-electron chi connectivity index (χ2n) is 8.49. The van der Waals surface area contributed by atoms with Crippen molar-refractivity contribution in [3.8, 4) is 0 Å². The smallest absolute Gasteiger partial charge is 0.338 e. The van der Waals surface area contributed by atoms with Gasteiger partial charge >= 0.3 is 5.97 Å². The first kappa shape index (κ1) is 25.3. The molecule has 3 nitrogen and oxygen atoms in total. The van der Waals surface area contributed by atoms with E-state index >= 15 is 0 Å². The largest absolute Gasteiger partial charge is 0.451 e. The molecule has 0 amide bonds. The topological polar surface area (TPSA) is 35.5 Å². The van der Waals surface area contributed by atoms with E-state index in [1.165, 1.54) is 96.3 Å². The second kappa shape index (κ2) is 17.7. The number of carbonyl (C=O) groups is 1. The average Bonchev–Trinajstić information content (AvgIpc) is 2.80. The van der Waals surface area contributed by atoms with Gasteiger partial charge in [-0.3, -0.25) is 0 Å². The molecule has 0 spiro atoms. The monoisotopic (exact) mass is 434 g/mol. The molecular weight excluding hydrogens is 392 g/mol. The van der Waals surface area contributed by atoms with Gasteiger partial charge in [0.2, 0.25) is 0 Å².